The van der Waals surface area contributed by atoms with Crippen LogP contribution in [0, 0.1) is 0 Å². The summed E-state index contributed by atoms with van der Waals surface area (Å²) in [6.45, 7) is 0. The summed E-state index contributed by atoms with van der Waals surface area (Å²) in [4.78, 5) is 12.2. The number of carbonyl (C=O) groups is 1. The fourth-order valence-corrected chi connectivity index (χ4v) is 2.43. The van der Waals surface area contributed by atoms with Gasteiger partial charge in [0.1, 0.15) is 5.69 Å². The highest BCUT2D eigenvalue weighted by molar-refractivity contribution is 9.10. The van der Waals surface area contributed by atoms with E-state index in [1.54, 1.807) is 30.3 Å². The summed E-state index contributed by atoms with van der Waals surface area (Å²) in [7, 11) is 0. The van der Waals surface area contributed by atoms with Gasteiger partial charge in [-0.05, 0) is 36.4 Å². The van der Waals surface area contributed by atoms with Crippen molar-refractivity contribution >= 4 is 39.1 Å². The van der Waals surface area contributed by atoms with Gasteiger partial charge in [-0.1, -0.05) is 45.7 Å². The average molecular weight is 377 g/mol. The van der Waals surface area contributed by atoms with Crippen LogP contribution in [-0.2, 0) is 0 Å². The quantitative estimate of drug-likeness (QED) is 0.693. The number of rotatable bonds is 3. The van der Waals surface area contributed by atoms with Crippen LogP contribution in [0.2, 0.25) is 5.02 Å². The van der Waals surface area contributed by atoms with Crippen LogP contribution in [0.25, 0.3) is 11.3 Å². The normalized spacial score (nSPS) is 10.5. The first-order chi connectivity index (χ1) is 10.6. The zero-order valence-electron chi connectivity index (χ0n) is 11.3. The van der Waals surface area contributed by atoms with E-state index in [4.69, 9.17) is 11.6 Å². The second-order valence-corrected chi connectivity index (χ2v) is 5.99. The number of nitrogens with zero attached hydrogens (tertiary/aromatic N) is 1. The van der Waals surface area contributed by atoms with Crippen LogP contribution in [0.1, 0.15) is 10.5 Å². The fraction of sp³-hybridized carbons (Fsp3) is 0. The van der Waals surface area contributed by atoms with E-state index in [-0.39, 0.29) is 5.91 Å². The number of H-pyrrole nitrogens is 1. The minimum Gasteiger partial charge on any atom is -0.321 e. The predicted molar refractivity (Wildman–Crippen MR) is 91.1 cm³/mol. The summed E-state index contributed by atoms with van der Waals surface area (Å²) in [5, 5.41) is 10.3. The van der Waals surface area contributed by atoms with E-state index in [1.165, 1.54) is 0 Å². The van der Waals surface area contributed by atoms with Crippen molar-refractivity contribution < 1.29 is 4.79 Å². The van der Waals surface area contributed by atoms with Crippen LogP contribution in [0.5, 0.6) is 0 Å². The Morgan fingerprint density at radius 3 is 2.64 bits per heavy atom. The Morgan fingerprint density at radius 1 is 1.14 bits per heavy atom. The zero-order chi connectivity index (χ0) is 15.5. The minimum atomic E-state index is -0.266. The molecule has 0 saturated carbocycles. The third-order valence-electron chi connectivity index (χ3n) is 3.04. The van der Waals surface area contributed by atoms with Gasteiger partial charge in [0.05, 0.1) is 5.69 Å². The standard InChI is InChI=1S/C16H11BrClN3O/c17-11-6-4-10(5-7-11)14-9-15(21-20-14)16(22)19-13-3-1-2-12(18)8-13/h1-9H,(H,19,22)(H,20,21). The lowest BCUT2D eigenvalue weighted by Crippen LogP contribution is -2.12. The molecule has 2 aromatic carbocycles. The first-order valence-corrected chi connectivity index (χ1v) is 7.67. The van der Waals surface area contributed by atoms with Crippen molar-refractivity contribution in [2.75, 3.05) is 5.32 Å². The molecule has 22 heavy (non-hydrogen) atoms. The van der Waals surface area contributed by atoms with Gasteiger partial charge in [0, 0.05) is 20.7 Å². The van der Waals surface area contributed by atoms with Crippen LogP contribution in [0.15, 0.2) is 59.1 Å². The van der Waals surface area contributed by atoms with Gasteiger partial charge in [-0.15, -0.1) is 0 Å². The second kappa shape index (κ2) is 6.34. The predicted octanol–water partition coefficient (Wildman–Crippen LogP) is 4.74. The summed E-state index contributed by atoms with van der Waals surface area (Å²) < 4.78 is 0.991. The molecule has 0 bridgehead atoms. The Morgan fingerprint density at radius 2 is 1.91 bits per heavy atom. The average Bonchev–Trinajstić information content (AvgIpc) is 2.98. The molecule has 1 heterocycles. The van der Waals surface area contributed by atoms with Gasteiger partial charge in [0.25, 0.3) is 5.91 Å². The van der Waals surface area contributed by atoms with Crippen LogP contribution < -0.4 is 5.32 Å². The molecule has 0 unspecified atom stereocenters. The van der Waals surface area contributed by atoms with Gasteiger partial charge in [0.2, 0.25) is 0 Å². The molecular weight excluding hydrogens is 366 g/mol. The topological polar surface area (TPSA) is 57.8 Å². The molecular formula is C16H11BrClN3O. The van der Waals surface area contributed by atoms with Crippen molar-refractivity contribution in [1.82, 2.24) is 10.2 Å². The van der Waals surface area contributed by atoms with E-state index >= 15 is 0 Å². The Labute approximate surface area is 140 Å². The molecule has 1 amide bonds. The summed E-state index contributed by atoms with van der Waals surface area (Å²) in [6, 6.07) is 16.4. The maximum atomic E-state index is 12.2. The van der Waals surface area contributed by atoms with Crippen molar-refractivity contribution in [2.45, 2.75) is 0 Å². The molecule has 0 aliphatic carbocycles. The number of hydrogen-bond acceptors (Lipinski definition) is 2. The molecule has 2 N–H and O–H groups in total. The van der Waals surface area contributed by atoms with E-state index in [1.807, 2.05) is 24.3 Å². The Hall–Kier alpha value is -2.11. The van der Waals surface area contributed by atoms with Gasteiger partial charge in [-0.3, -0.25) is 9.89 Å². The van der Waals surface area contributed by atoms with Crippen LogP contribution in [0.3, 0.4) is 0 Å². The lowest BCUT2D eigenvalue weighted by Gasteiger charge is -2.03. The molecule has 1 aromatic heterocycles. The Kier molecular flexibility index (Phi) is 4.27. The van der Waals surface area contributed by atoms with Gasteiger partial charge in [0.15, 0.2) is 0 Å². The highest BCUT2D eigenvalue weighted by atomic mass is 79.9. The van der Waals surface area contributed by atoms with E-state index in [0.717, 1.165) is 10.0 Å². The lowest BCUT2D eigenvalue weighted by atomic mass is 10.1. The lowest BCUT2D eigenvalue weighted by molar-refractivity contribution is 0.102. The molecule has 0 aliphatic rings. The summed E-state index contributed by atoms with van der Waals surface area (Å²) in [5.74, 6) is -0.266. The smallest absolute Gasteiger partial charge is 0.273 e. The van der Waals surface area contributed by atoms with Gasteiger partial charge >= 0.3 is 0 Å². The fourth-order valence-electron chi connectivity index (χ4n) is 1.97. The monoisotopic (exact) mass is 375 g/mol. The summed E-state index contributed by atoms with van der Waals surface area (Å²) in [5.41, 5.74) is 2.67. The molecule has 0 spiro atoms. The Balaban J connectivity index is 1.78. The number of amides is 1. The first-order valence-electron chi connectivity index (χ1n) is 6.50. The van der Waals surface area contributed by atoms with E-state index in [2.05, 4.69) is 31.4 Å². The SMILES string of the molecule is O=C(Nc1cccc(Cl)c1)c1cc(-c2ccc(Br)cc2)n[nH]1. The van der Waals surface area contributed by atoms with Crippen molar-refractivity contribution in [3.63, 3.8) is 0 Å². The van der Waals surface area contributed by atoms with Crippen LogP contribution in [-0.4, -0.2) is 16.1 Å². The van der Waals surface area contributed by atoms with Gasteiger partial charge in [-0.25, -0.2) is 0 Å². The third-order valence-corrected chi connectivity index (χ3v) is 3.81. The maximum Gasteiger partial charge on any atom is 0.273 e. The van der Waals surface area contributed by atoms with Crippen molar-refractivity contribution in [2.24, 2.45) is 0 Å². The van der Waals surface area contributed by atoms with Crippen molar-refractivity contribution in [3.8, 4) is 11.3 Å². The molecule has 4 nitrogen and oxygen atoms in total. The highest BCUT2D eigenvalue weighted by Gasteiger charge is 2.11. The minimum absolute atomic E-state index is 0.266. The molecule has 3 rings (SSSR count). The molecule has 0 saturated heterocycles. The Bertz CT molecular complexity index is 814. The molecule has 6 heteroatoms. The number of anilines is 1. The van der Waals surface area contributed by atoms with E-state index < -0.39 is 0 Å². The number of aromatic amines is 1. The third kappa shape index (κ3) is 3.37. The zero-order valence-corrected chi connectivity index (χ0v) is 13.6. The maximum absolute atomic E-state index is 12.2. The molecule has 0 fully saturated rings. The number of benzene rings is 2. The first kappa shape index (κ1) is 14.8. The summed E-state index contributed by atoms with van der Waals surface area (Å²) in [6.07, 6.45) is 0. The molecule has 0 aliphatic heterocycles. The van der Waals surface area contributed by atoms with Gasteiger partial charge < -0.3 is 5.32 Å². The summed E-state index contributed by atoms with van der Waals surface area (Å²) >= 11 is 9.28. The number of carbonyl (C=O) groups excluding carboxylic acids is 1. The number of nitrogens with one attached hydrogen (secondary N) is 2. The highest BCUT2D eigenvalue weighted by Crippen LogP contribution is 2.21. The van der Waals surface area contributed by atoms with E-state index in [9.17, 15) is 4.79 Å². The molecule has 0 atom stereocenters. The van der Waals surface area contributed by atoms with Crippen molar-refractivity contribution in [3.05, 3.63) is 69.8 Å². The number of halogens is 2. The molecule has 0 radical (unpaired) electrons. The molecule has 3 aromatic rings. The van der Waals surface area contributed by atoms with E-state index in [0.29, 0.717) is 22.1 Å². The van der Waals surface area contributed by atoms with Gasteiger partial charge in [-0.2, -0.15) is 5.10 Å². The van der Waals surface area contributed by atoms with Crippen molar-refractivity contribution in [1.29, 1.82) is 0 Å². The second-order valence-electron chi connectivity index (χ2n) is 4.64. The van der Waals surface area contributed by atoms with Crippen LogP contribution >= 0.6 is 27.5 Å². The molecule has 110 valence electrons. The van der Waals surface area contributed by atoms with Crippen LogP contribution in [0.4, 0.5) is 5.69 Å². The number of aromatic nitrogens is 2. The number of hydrogen-bond donors (Lipinski definition) is 2. The largest absolute Gasteiger partial charge is 0.321 e.